The van der Waals surface area contributed by atoms with E-state index in [1.54, 1.807) is 0 Å². The molecule has 0 unspecified atom stereocenters. The summed E-state index contributed by atoms with van der Waals surface area (Å²) in [6.07, 6.45) is 0.970. The molecular weight excluding hydrogens is 306 g/mol. The lowest BCUT2D eigenvalue weighted by atomic mass is 10.4. The number of hydrogen-bond donors (Lipinski definition) is 0. The number of methoxy groups -OCH3 is 1. The van der Waals surface area contributed by atoms with E-state index in [4.69, 9.17) is 11.6 Å². The van der Waals surface area contributed by atoms with Gasteiger partial charge in [0, 0.05) is 32.4 Å². The van der Waals surface area contributed by atoms with Gasteiger partial charge in [0.2, 0.25) is 10.0 Å². The van der Waals surface area contributed by atoms with Crippen LogP contribution in [0.1, 0.15) is 0 Å². The number of carbonyl (C=O) groups excluding carboxylic acids is 1. The van der Waals surface area contributed by atoms with Crippen LogP contribution in [0.25, 0.3) is 0 Å². The van der Waals surface area contributed by atoms with Gasteiger partial charge in [-0.1, -0.05) is 11.6 Å². The van der Waals surface area contributed by atoms with E-state index < -0.39 is 16.1 Å². The standard InChI is InChI=1S/C11H14ClN3O4S/c1-19-11(16)14-5-7-15(8-6-14)20(17,18)9-3-2-4-13-10(9)12/h2-4H,5-8H2,1H3. The van der Waals surface area contributed by atoms with Gasteiger partial charge >= 0.3 is 6.09 Å². The molecule has 2 heterocycles. The van der Waals surface area contributed by atoms with E-state index in [2.05, 4.69) is 9.72 Å². The maximum absolute atomic E-state index is 12.4. The summed E-state index contributed by atoms with van der Waals surface area (Å²) < 4.78 is 30.7. The van der Waals surface area contributed by atoms with E-state index in [1.165, 1.54) is 34.6 Å². The van der Waals surface area contributed by atoms with Crippen molar-refractivity contribution in [1.29, 1.82) is 0 Å². The Hall–Kier alpha value is -1.38. The van der Waals surface area contributed by atoms with E-state index in [-0.39, 0.29) is 36.2 Å². The molecule has 0 aromatic carbocycles. The molecule has 1 aliphatic heterocycles. The molecule has 0 N–H and O–H groups in total. The molecule has 1 amide bonds. The van der Waals surface area contributed by atoms with Crippen LogP contribution in [-0.4, -0.2) is 62.0 Å². The van der Waals surface area contributed by atoms with Crippen LogP contribution in [0.4, 0.5) is 4.79 Å². The topological polar surface area (TPSA) is 79.8 Å². The summed E-state index contributed by atoms with van der Waals surface area (Å²) in [5.41, 5.74) is 0. The van der Waals surface area contributed by atoms with Gasteiger partial charge in [-0.3, -0.25) is 0 Å². The van der Waals surface area contributed by atoms with Gasteiger partial charge in [-0.15, -0.1) is 0 Å². The summed E-state index contributed by atoms with van der Waals surface area (Å²) in [6, 6.07) is 2.93. The Kier molecular flexibility index (Phi) is 4.46. The Morgan fingerprint density at radius 1 is 1.35 bits per heavy atom. The van der Waals surface area contributed by atoms with Gasteiger partial charge in [0.25, 0.3) is 0 Å². The molecule has 0 saturated carbocycles. The number of halogens is 1. The summed E-state index contributed by atoms with van der Waals surface area (Å²) in [5, 5.41) is -0.0529. The van der Waals surface area contributed by atoms with Crippen molar-refractivity contribution in [3.8, 4) is 0 Å². The van der Waals surface area contributed by atoms with Crippen molar-refractivity contribution in [2.75, 3.05) is 33.3 Å². The van der Waals surface area contributed by atoms with E-state index in [0.717, 1.165) is 0 Å². The Morgan fingerprint density at radius 3 is 2.55 bits per heavy atom. The second-order valence-corrected chi connectivity index (χ2v) is 6.42. The molecule has 0 atom stereocenters. The molecule has 1 aliphatic rings. The third kappa shape index (κ3) is 2.87. The van der Waals surface area contributed by atoms with Crippen LogP contribution >= 0.6 is 11.6 Å². The predicted molar refractivity (Wildman–Crippen MR) is 72.0 cm³/mol. The lowest BCUT2D eigenvalue weighted by Gasteiger charge is -2.33. The fourth-order valence-corrected chi connectivity index (χ4v) is 3.79. The van der Waals surface area contributed by atoms with Crippen molar-refractivity contribution >= 4 is 27.7 Å². The van der Waals surface area contributed by atoms with Gasteiger partial charge in [-0.25, -0.2) is 18.2 Å². The van der Waals surface area contributed by atoms with E-state index >= 15 is 0 Å². The average molecular weight is 320 g/mol. The van der Waals surface area contributed by atoms with Crippen molar-refractivity contribution < 1.29 is 17.9 Å². The van der Waals surface area contributed by atoms with Crippen molar-refractivity contribution in [2.24, 2.45) is 0 Å². The smallest absolute Gasteiger partial charge is 0.409 e. The molecule has 0 radical (unpaired) electrons. The number of sulfonamides is 1. The Labute approximate surface area is 122 Å². The fraction of sp³-hybridized carbons (Fsp3) is 0.455. The minimum atomic E-state index is -3.69. The molecule has 1 fully saturated rings. The second kappa shape index (κ2) is 5.94. The number of aromatic nitrogens is 1. The van der Waals surface area contributed by atoms with Gasteiger partial charge in [0.15, 0.2) is 0 Å². The number of hydrogen-bond acceptors (Lipinski definition) is 5. The van der Waals surface area contributed by atoms with Gasteiger partial charge in [-0.2, -0.15) is 4.31 Å². The molecule has 1 aromatic heterocycles. The first-order chi connectivity index (χ1) is 9.46. The molecule has 0 aliphatic carbocycles. The minimum Gasteiger partial charge on any atom is -0.453 e. The summed E-state index contributed by atoms with van der Waals surface area (Å²) in [5.74, 6) is 0. The van der Waals surface area contributed by atoms with Crippen LogP contribution in [0, 0.1) is 0 Å². The number of pyridine rings is 1. The fourth-order valence-electron chi connectivity index (χ4n) is 1.94. The maximum Gasteiger partial charge on any atom is 0.409 e. The van der Waals surface area contributed by atoms with Crippen LogP contribution < -0.4 is 0 Å². The third-order valence-electron chi connectivity index (χ3n) is 3.01. The minimum absolute atomic E-state index is 0.0202. The molecular formula is C11H14ClN3O4S. The number of amides is 1. The van der Waals surface area contributed by atoms with Crippen molar-refractivity contribution in [2.45, 2.75) is 4.90 Å². The SMILES string of the molecule is COC(=O)N1CCN(S(=O)(=O)c2cccnc2Cl)CC1. The Bertz CT molecular complexity index is 599. The summed E-state index contributed by atoms with van der Waals surface area (Å²) in [7, 11) is -2.40. The highest BCUT2D eigenvalue weighted by molar-refractivity contribution is 7.89. The van der Waals surface area contributed by atoms with E-state index in [1.807, 2.05) is 0 Å². The maximum atomic E-state index is 12.4. The van der Waals surface area contributed by atoms with E-state index in [0.29, 0.717) is 0 Å². The molecule has 2 rings (SSSR count). The quantitative estimate of drug-likeness (QED) is 0.754. The highest BCUT2D eigenvalue weighted by Gasteiger charge is 2.31. The normalized spacial score (nSPS) is 17.0. The number of nitrogens with zero attached hydrogens (tertiary/aromatic N) is 3. The van der Waals surface area contributed by atoms with Crippen LogP contribution in [0.2, 0.25) is 5.15 Å². The zero-order valence-corrected chi connectivity index (χ0v) is 12.4. The van der Waals surface area contributed by atoms with Crippen LogP contribution in [0.3, 0.4) is 0 Å². The van der Waals surface area contributed by atoms with Crippen molar-refractivity contribution in [1.82, 2.24) is 14.2 Å². The first-order valence-electron chi connectivity index (χ1n) is 5.90. The number of carbonyl (C=O) groups is 1. The molecule has 7 nitrogen and oxygen atoms in total. The summed E-state index contributed by atoms with van der Waals surface area (Å²) >= 11 is 5.83. The van der Waals surface area contributed by atoms with Gasteiger partial charge in [-0.05, 0) is 12.1 Å². The predicted octanol–water partition coefficient (Wildman–Crippen LogP) is 0.808. The summed E-state index contributed by atoms with van der Waals surface area (Å²) in [6.45, 7) is 0.957. The zero-order valence-electron chi connectivity index (χ0n) is 10.8. The first kappa shape index (κ1) is 15.0. The first-order valence-corrected chi connectivity index (χ1v) is 7.72. The van der Waals surface area contributed by atoms with Crippen LogP contribution in [0.15, 0.2) is 23.2 Å². The molecule has 0 bridgehead atoms. The molecule has 20 heavy (non-hydrogen) atoms. The monoisotopic (exact) mass is 319 g/mol. The molecule has 1 saturated heterocycles. The average Bonchev–Trinajstić information content (AvgIpc) is 2.47. The Balaban J connectivity index is 2.14. The summed E-state index contributed by atoms with van der Waals surface area (Å²) in [4.78, 5) is 16.6. The number of rotatable bonds is 2. The molecule has 0 spiro atoms. The van der Waals surface area contributed by atoms with Crippen LogP contribution in [-0.2, 0) is 14.8 Å². The van der Waals surface area contributed by atoms with Crippen molar-refractivity contribution in [3.63, 3.8) is 0 Å². The highest BCUT2D eigenvalue weighted by atomic mass is 35.5. The van der Waals surface area contributed by atoms with Crippen LogP contribution in [0.5, 0.6) is 0 Å². The molecule has 9 heteroatoms. The number of piperazine rings is 1. The zero-order chi connectivity index (χ0) is 14.8. The van der Waals surface area contributed by atoms with Gasteiger partial charge < -0.3 is 9.64 Å². The van der Waals surface area contributed by atoms with Gasteiger partial charge in [0.05, 0.1) is 7.11 Å². The molecule has 1 aromatic rings. The number of ether oxygens (including phenoxy) is 1. The largest absolute Gasteiger partial charge is 0.453 e. The molecule has 110 valence electrons. The third-order valence-corrected chi connectivity index (χ3v) is 5.36. The van der Waals surface area contributed by atoms with Crippen molar-refractivity contribution in [3.05, 3.63) is 23.5 Å². The Morgan fingerprint density at radius 2 is 2.00 bits per heavy atom. The van der Waals surface area contributed by atoms with Gasteiger partial charge in [0.1, 0.15) is 10.0 Å². The lowest BCUT2D eigenvalue weighted by Crippen LogP contribution is -2.50. The highest BCUT2D eigenvalue weighted by Crippen LogP contribution is 2.23. The lowest BCUT2D eigenvalue weighted by molar-refractivity contribution is 0.108. The van der Waals surface area contributed by atoms with E-state index in [9.17, 15) is 13.2 Å². The second-order valence-electron chi connectivity index (χ2n) is 4.15.